The lowest BCUT2D eigenvalue weighted by Crippen LogP contribution is -2.45. The number of ketones is 3. The molecule has 2 aliphatic rings. The molecule has 0 radical (unpaired) electrons. The number of esters is 1. The van der Waals surface area contributed by atoms with Gasteiger partial charge in [-0.1, -0.05) is 6.92 Å². The molecule has 0 saturated carbocycles. The van der Waals surface area contributed by atoms with Crippen LogP contribution in [0.2, 0.25) is 0 Å². The number of piperazine rings is 1. The molecule has 2 aliphatic heterocycles. The van der Waals surface area contributed by atoms with Gasteiger partial charge in [0.25, 0.3) is 5.78 Å². The fourth-order valence-electron chi connectivity index (χ4n) is 4.41. The number of hydrogen-bond donors (Lipinski definition) is 2. The highest BCUT2D eigenvalue weighted by Gasteiger charge is 2.27. The number of aromatic hydroxyl groups is 1. The molecule has 192 valence electrons. The van der Waals surface area contributed by atoms with Gasteiger partial charge in [-0.15, -0.1) is 0 Å². The van der Waals surface area contributed by atoms with Gasteiger partial charge in [0.15, 0.2) is 0 Å². The predicted molar refractivity (Wildman–Crippen MR) is 132 cm³/mol. The zero-order valence-electron chi connectivity index (χ0n) is 21.0. The molecule has 9 nitrogen and oxygen atoms in total. The fraction of sp³-hybridized carbons (Fsp3) is 0.615. The maximum atomic E-state index is 13.0. The van der Waals surface area contributed by atoms with Crippen LogP contribution < -0.4 is 5.32 Å². The SMILES string of the molecule is C[C@@H]1CCC(=O)C(=O)C(=O)CCCc2cc(NCCN3CCN(C)CC3)cc(O)c2C(=O)O[C@H]1C. The monoisotopic (exact) mass is 487 g/mol. The minimum Gasteiger partial charge on any atom is -0.507 e. The molecule has 1 saturated heterocycles. The Morgan fingerprint density at radius 3 is 2.40 bits per heavy atom. The number of phenolic OH excluding ortho intramolecular Hbond substituents is 1. The van der Waals surface area contributed by atoms with Gasteiger partial charge in [0.05, 0.1) is 0 Å². The number of Topliss-reactive ketones (excluding diaryl/α,β-unsaturated/α-hetero) is 3. The fourth-order valence-corrected chi connectivity index (χ4v) is 4.41. The molecular formula is C26H37N3O6. The largest absolute Gasteiger partial charge is 0.507 e. The molecule has 1 aromatic rings. The molecule has 0 aromatic heterocycles. The summed E-state index contributed by atoms with van der Waals surface area (Å²) in [6.07, 6.45) is 0.196. The number of likely N-dealkylation sites (N-methyl/N-ethyl adjacent to an activating group) is 1. The van der Waals surface area contributed by atoms with Crippen LogP contribution in [0.25, 0.3) is 0 Å². The first-order chi connectivity index (χ1) is 16.7. The lowest BCUT2D eigenvalue weighted by Gasteiger charge is -2.32. The second-order valence-corrected chi connectivity index (χ2v) is 9.76. The molecule has 2 atom stereocenters. The van der Waals surface area contributed by atoms with Crippen molar-refractivity contribution in [3.05, 3.63) is 23.3 Å². The molecule has 3 rings (SSSR count). The average Bonchev–Trinajstić information content (AvgIpc) is 2.82. The van der Waals surface area contributed by atoms with Gasteiger partial charge in [-0.3, -0.25) is 19.3 Å². The van der Waals surface area contributed by atoms with Crippen molar-refractivity contribution in [2.24, 2.45) is 5.92 Å². The molecule has 0 amide bonds. The Morgan fingerprint density at radius 1 is 1.00 bits per heavy atom. The summed E-state index contributed by atoms with van der Waals surface area (Å²) in [5.41, 5.74) is 1.30. The number of carbonyl (C=O) groups excluding carboxylic acids is 4. The second kappa shape index (κ2) is 12.3. The number of fused-ring (bicyclic) bond motifs is 1. The predicted octanol–water partition coefficient (Wildman–Crippen LogP) is 2.06. The van der Waals surface area contributed by atoms with Crippen LogP contribution in [0.3, 0.4) is 0 Å². The maximum Gasteiger partial charge on any atom is 0.342 e. The van der Waals surface area contributed by atoms with Crippen LogP contribution in [0.5, 0.6) is 5.75 Å². The molecule has 0 aliphatic carbocycles. The standard InChI is InChI=1S/C26H37N3O6/c1-17-7-8-22(31)25(33)21(30)6-4-5-19-15-20(16-23(32)24(19)26(34)35-18(17)2)27-9-10-29-13-11-28(3)12-14-29/h15-18,27,32H,4-14H2,1-3H3/t17-,18+/m1/s1. The van der Waals surface area contributed by atoms with Crippen molar-refractivity contribution in [2.45, 2.75) is 52.1 Å². The molecule has 2 heterocycles. The lowest BCUT2D eigenvalue weighted by atomic mass is 9.94. The van der Waals surface area contributed by atoms with Gasteiger partial charge in [-0.2, -0.15) is 0 Å². The van der Waals surface area contributed by atoms with Crippen molar-refractivity contribution in [2.75, 3.05) is 51.6 Å². The van der Waals surface area contributed by atoms with E-state index in [0.29, 0.717) is 24.2 Å². The van der Waals surface area contributed by atoms with Crippen molar-refractivity contribution >= 4 is 29.0 Å². The van der Waals surface area contributed by atoms with E-state index in [1.54, 1.807) is 13.0 Å². The first-order valence-corrected chi connectivity index (χ1v) is 12.5. The Bertz CT molecular complexity index is 955. The van der Waals surface area contributed by atoms with E-state index in [4.69, 9.17) is 4.74 Å². The molecule has 1 aromatic carbocycles. The van der Waals surface area contributed by atoms with E-state index >= 15 is 0 Å². The van der Waals surface area contributed by atoms with E-state index in [1.807, 2.05) is 6.92 Å². The Balaban J connectivity index is 1.76. The lowest BCUT2D eigenvalue weighted by molar-refractivity contribution is -0.144. The molecule has 2 N–H and O–H groups in total. The van der Waals surface area contributed by atoms with Crippen LogP contribution in [0, 0.1) is 5.92 Å². The quantitative estimate of drug-likeness (QED) is 0.486. The average molecular weight is 488 g/mol. The molecule has 0 unspecified atom stereocenters. The molecule has 9 heteroatoms. The number of hydrogen-bond acceptors (Lipinski definition) is 9. The highest BCUT2D eigenvalue weighted by Crippen LogP contribution is 2.30. The summed E-state index contributed by atoms with van der Waals surface area (Å²) in [7, 11) is 2.11. The summed E-state index contributed by atoms with van der Waals surface area (Å²) in [6.45, 7) is 9.14. The Labute approximate surface area is 206 Å². The minimum absolute atomic E-state index is 0.0569. The van der Waals surface area contributed by atoms with E-state index in [0.717, 1.165) is 32.7 Å². The van der Waals surface area contributed by atoms with Gasteiger partial charge >= 0.3 is 5.97 Å². The van der Waals surface area contributed by atoms with Crippen LogP contribution in [-0.2, 0) is 25.5 Å². The van der Waals surface area contributed by atoms with Gasteiger partial charge in [-0.25, -0.2) is 4.79 Å². The highest BCUT2D eigenvalue weighted by molar-refractivity contribution is 6.63. The number of phenols is 1. The van der Waals surface area contributed by atoms with Gasteiger partial charge in [0.2, 0.25) is 11.6 Å². The normalized spacial score (nSPS) is 24.0. The third-order valence-corrected chi connectivity index (χ3v) is 7.03. The van der Waals surface area contributed by atoms with Gasteiger partial charge in [0, 0.05) is 63.9 Å². The van der Waals surface area contributed by atoms with Crippen LogP contribution in [0.4, 0.5) is 5.69 Å². The number of nitrogens with zero attached hydrogens (tertiary/aromatic N) is 2. The zero-order valence-corrected chi connectivity index (χ0v) is 21.0. The molecular weight excluding hydrogens is 450 g/mol. The Kier molecular flexibility index (Phi) is 9.40. The van der Waals surface area contributed by atoms with Crippen LogP contribution >= 0.6 is 0 Å². The van der Waals surface area contributed by atoms with Crippen molar-refractivity contribution < 1.29 is 29.0 Å². The smallest absolute Gasteiger partial charge is 0.342 e. The van der Waals surface area contributed by atoms with Crippen molar-refractivity contribution in [3.8, 4) is 5.75 Å². The number of anilines is 1. The van der Waals surface area contributed by atoms with E-state index in [-0.39, 0.29) is 42.9 Å². The molecule has 35 heavy (non-hydrogen) atoms. The number of cyclic esters (lactones) is 1. The van der Waals surface area contributed by atoms with Crippen LogP contribution in [0.15, 0.2) is 12.1 Å². The van der Waals surface area contributed by atoms with Crippen molar-refractivity contribution in [3.63, 3.8) is 0 Å². The Hall–Kier alpha value is -2.78. The highest BCUT2D eigenvalue weighted by atomic mass is 16.5. The number of carbonyl (C=O) groups is 4. The first-order valence-electron chi connectivity index (χ1n) is 12.5. The number of nitrogens with one attached hydrogen (secondary N) is 1. The molecule has 1 fully saturated rings. The summed E-state index contributed by atoms with van der Waals surface area (Å²) in [6, 6.07) is 3.31. The van der Waals surface area contributed by atoms with Crippen LogP contribution in [-0.4, -0.2) is 90.6 Å². The van der Waals surface area contributed by atoms with Crippen molar-refractivity contribution in [1.82, 2.24) is 9.80 Å². The third kappa shape index (κ3) is 7.35. The maximum absolute atomic E-state index is 13.0. The Morgan fingerprint density at radius 2 is 1.69 bits per heavy atom. The second-order valence-electron chi connectivity index (χ2n) is 9.76. The zero-order chi connectivity index (χ0) is 25.5. The number of benzene rings is 1. The summed E-state index contributed by atoms with van der Waals surface area (Å²) in [4.78, 5) is 54.1. The first kappa shape index (κ1) is 26.8. The summed E-state index contributed by atoms with van der Waals surface area (Å²) >= 11 is 0. The summed E-state index contributed by atoms with van der Waals surface area (Å²) in [5, 5.41) is 14.1. The number of aryl methyl sites for hydroxylation is 1. The summed E-state index contributed by atoms with van der Waals surface area (Å²) < 4.78 is 5.61. The van der Waals surface area contributed by atoms with E-state index in [1.165, 1.54) is 6.07 Å². The van der Waals surface area contributed by atoms with Crippen LogP contribution in [0.1, 0.15) is 55.5 Å². The molecule has 0 spiro atoms. The van der Waals surface area contributed by atoms with Gasteiger partial charge < -0.3 is 20.1 Å². The minimum atomic E-state index is -0.957. The van der Waals surface area contributed by atoms with Gasteiger partial charge in [-0.05, 0) is 50.8 Å². The topological polar surface area (TPSA) is 116 Å². The summed E-state index contributed by atoms with van der Waals surface area (Å²) in [5.74, 6) is -3.37. The van der Waals surface area contributed by atoms with E-state index in [2.05, 4.69) is 22.2 Å². The third-order valence-electron chi connectivity index (χ3n) is 7.03. The van der Waals surface area contributed by atoms with E-state index in [9.17, 15) is 24.3 Å². The van der Waals surface area contributed by atoms with Crippen molar-refractivity contribution in [1.29, 1.82) is 0 Å². The van der Waals surface area contributed by atoms with E-state index < -0.39 is 29.4 Å². The van der Waals surface area contributed by atoms with Gasteiger partial charge in [0.1, 0.15) is 17.4 Å². The molecule has 0 bridgehead atoms. The number of ether oxygens (including phenoxy) is 1. The number of rotatable bonds is 4.